The number of fused-ring (bicyclic) bond motifs is 5. The highest BCUT2D eigenvalue weighted by molar-refractivity contribution is 5.97. The molecular formula is C53H47N. The fourth-order valence-electron chi connectivity index (χ4n) is 10.4. The number of benzene rings is 7. The van der Waals surface area contributed by atoms with E-state index in [1.165, 1.54) is 110 Å². The molecule has 0 amide bonds. The predicted octanol–water partition coefficient (Wildman–Crippen LogP) is 14.7. The van der Waals surface area contributed by atoms with Gasteiger partial charge in [0.2, 0.25) is 0 Å². The van der Waals surface area contributed by atoms with Gasteiger partial charge in [-0.3, -0.25) is 0 Å². The first-order valence-corrected chi connectivity index (χ1v) is 19.9. The molecule has 3 aliphatic carbocycles. The molecule has 7 aromatic rings. The molecule has 54 heavy (non-hydrogen) atoms. The number of para-hydroxylation sites is 1. The molecule has 1 heteroatoms. The molecule has 2 fully saturated rings. The second-order valence-electron chi connectivity index (χ2n) is 16.6. The Hall–Kier alpha value is -5.66. The van der Waals surface area contributed by atoms with Crippen LogP contribution in [0, 0.1) is 18.8 Å². The maximum atomic E-state index is 2.52. The maximum Gasteiger partial charge on any atom is 0.0540 e. The normalized spacial score (nSPS) is 19.1. The summed E-state index contributed by atoms with van der Waals surface area (Å²) >= 11 is 0. The molecule has 0 saturated heterocycles. The van der Waals surface area contributed by atoms with Crippen LogP contribution in [0.3, 0.4) is 0 Å². The van der Waals surface area contributed by atoms with Gasteiger partial charge in [-0.2, -0.15) is 0 Å². The van der Waals surface area contributed by atoms with E-state index in [4.69, 9.17) is 0 Å². The fraction of sp³-hybridized carbons (Fsp3) is 0.208. The van der Waals surface area contributed by atoms with Crippen LogP contribution in [0.5, 0.6) is 0 Å². The molecule has 10 rings (SSSR count). The lowest BCUT2D eigenvalue weighted by atomic mass is 9.82. The monoisotopic (exact) mass is 697 g/mol. The van der Waals surface area contributed by atoms with Crippen molar-refractivity contribution >= 4 is 17.1 Å². The Balaban J connectivity index is 1.14. The fourth-order valence-corrected chi connectivity index (χ4v) is 10.4. The number of hydrogen-bond acceptors (Lipinski definition) is 1. The summed E-state index contributed by atoms with van der Waals surface area (Å²) in [5, 5.41) is 0. The largest absolute Gasteiger partial charge is 0.310 e. The number of rotatable bonds is 7. The molecule has 0 N–H and O–H groups in total. The minimum atomic E-state index is -0.0999. The van der Waals surface area contributed by atoms with Crippen molar-refractivity contribution in [3.05, 3.63) is 186 Å². The summed E-state index contributed by atoms with van der Waals surface area (Å²) in [6, 6.07) is 61.4. The van der Waals surface area contributed by atoms with Gasteiger partial charge in [0.05, 0.1) is 5.69 Å². The minimum absolute atomic E-state index is 0.0999. The zero-order valence-electron chi connectivity index (χ0n) is 31.6. The quantitative estimate of drug-likeness (QED) is 0.160. The van der Waals surface area contributed by atoms with Crippen molar-refractivity contribution in [2.45, 2.75) is 57.8 Å². The van der Waals surface area contributed by atoms with E-state index in [0.29, 0.717) is 5.92 Å². The Morgan fingerprint density at radius 2 is 1.06 bits per heavy atom. The van der Waals surface area contributed by atoms with Crippen LogP contribution in [0.25, 0.3) is 44.5 Å². The topological polar surface area (TPSA) is 3.24 Å². The summed E-state index contributed by atoms with van der Waals surface area (Å²) in [7, 11) is 0. The molecule has 0 radical (unpaired) electrons. The summed E-state index contributed by atoms with van der Waals surface area (Å²) in [5.74, 6) is 2.49. The predicted molar refractivity (Wildman–Crippen MR) is 228 cm³/mol. The van der Waals surface area contributed by atoms with E-state index in [9.17, 15) is 0 Å². The van der Waals surface area contributed by atoms with Crippen LogP contribution in [0.1, 0.15) is 67.7 Å². The smallest absolute Gasteiger partial charge is 0.0540 e. The van der Waals surface area contributed by atoms with Gasteiger partial charge in [0.25, 0.3) is 0 Å². The highest BCUT2D eigenvalue weighted by Gasteiger charge is 2.40. The summed E-state index contributed by atoms with van der Waals surface area (Å²) in [6.45, 7) is 6.99. The van der Waals surface area contributed by atoms with Crippen molar-refractivity contribution in [3.8, 4) is 44.5 Å². The highest BCUT2D eigenvalue weighted by Crippen LogP contribution is 2.54. The van der Waals surface area contributed by atoms with Gasteiger partial charge in [0.15, 0.2) is 0 Å². The summed E-state index contributed by atoms with van der Waals surface area (Å²) in [6.07, 6.45) is 5.61. The summed E-state index contributed by atoms with van der Waals surface area (Å²) in [5.41, 5.74) is 19.2. The van der Waals surface area contributed by atoms with Crippen LogP contribution in [0.4, 0.5) is 17.1 Å². The van der Waals surface area contributed by atoms with Crippen molar-refractivity contribution in [3.63, 3.8) is 0 Å². The summed E-state index contributed by atoms with van der Waals surface area (Å²) < 4.78 is 0. The Bertz CT molecular complexity index is 2510. The van der Waals surface area contributed by atoms with Crippen LogP contribution in [-0.4, -0.2) is 0 Å². The van der Waals surface area contributed by atoms with Crippen LogP contribution < -0.4 is 4.90 Å². The van der Waals surface area contributed by atoms with Crippen molar-refractivity contribution in [1.29, 1.82) is 0 Å². The number of aryl methyl sites for hydroxylation is 1. The zero-order valence-corrected chi connectivity index (χ0v) is 31.6. The molecule has 264 valence electrons. The molecular weight excluding hydrogens is 651 g/mol. The average molecular weight is 698 g/mol. The Labute approximate surface area is 321 Å². The molecule has 3 unspecified atom stereocenters. The molecule has 3 aliphatic rings. The molecule has 1 nitrogen and oxygen atoms in total. The SMILES string of the molecule is Cc1ccc2c(c1)C(C)(C)c1cc(N(c3ccc(C4CC5CCC4C5)cc3)c3ccccc3-c3ccccc3-c3ccccc3-c3ccccc3)ccc1-2. The second-order valence-corrected chi connectivity index (χ2v) is 16.6. The van der Waals surface area contributed by atoms with Gasteiger partial charge in [0, 0.05) is 22.4 Å². The van der Waals surface area contributed by atoms with Crippen molar-refractivity contribution in [2.75, 3.05) is 4.90 Å². The third-order valence-corrected chi connectivity index (χ3v) is 13.1. The van der Waals surface area contributed by atoms with Crippen LogP contribution >= 0.6 is 0 Å². The van der Waals surface area contributed by atoms with Crippen molar-refractivity contribution < 1.29 is 0 Å². The Morgan fingerprint density at radius 3 is 1.74 bits per heavy atom. The molecule has 2 bridgehead atoms. The van der Waals surface area contributed by atoms with Gasteiger partial charge in [-0.05, 0) is 130 Å². The molecule has 2 saturated carbocycles. The highest BCUT2D eigenvalue weighted by atomic mass is 15.1. The van der Waals surface area contributed by atoms with E-state index < -0.39 is 0 Å². The average Bonchev–Trinajstić information content (AvgIpc) is 3.92. The Kier molecular flexibility index (Phi) is 7.95. The van der Waals surface area contributed by atoms with Crippen LogP contribution in [-0.2, 0) is 5.41 Å². The van der Waals surface area contributed by atoms with Crippen LogP contribution in [0.2, 0.25) is 0 Å². The first kappa shape index (κ1) is 32.9. The van der Waals surface area contributed by atoms with Crippen molar-refractivity contribution in [1.82, 2.24) is 0 Å². The summed E-state index contributed by atoms with van der Waals surface area (Å²) in [4.78, 5) is 2.52. The van der Waals surface area contributed by atoms with Gasteiger partial charge in [0.1, 0.15) is 0 Å². The third kappa shape index (κ3) is 5.44. The first-order valence-electron chi connectivity index (χ1n) is 19.9. The lowest BCUT2D eigenvalue weighted by Gasteiger charge is -2.31. The van der Waals surface area contributed by atoms with E-state index in [0.717, 1.165) is 11.8 Å². The zero-order chi connectivity index (χ0) is 36.4. The third-order valence-electron chi connectivity index (χ3n) is 13.1. The lowest BCUT2D eigenvalue weighted by Crippen LogP contribution is -2.17. The van der Waals surface area contributed by atoms with E-state index >= 15 is 0 Å². The van der Waals surface area contributed by atoms with E-state index in [1.54, 1.807) is 0 Å². The standard InChI is InChI=1S/C53H47N/c1-35-21-29-46-47-30-28-41(34-51(47)53(2,3)50(46)31-35)54(40-26-24-38(25-27-40)49-33-36-22-23-39(49)32-36)52-20-12-11-19-48(52)45-18-10-9-17-44(45)43-16-8-7-15-42(43)37-13-5-4-6-14-37/h4-21,24-31,34,36,39,49H,22-23,32-33H2,1-3H3. The molecule has 7 aromatic carbocycles. The van der Waals surface area contributed by atoms with Crippen molar-refractivity contribution in [2.24, 2.45) is 11.8 Å². The van der Waals surface area contributed by atoms with Gasteiger partial charge in [-0.25, -0.2) is 0 Å². The lowest BCUT2D eigenvalue weighted by molar-refractivity contribution is 0.420. The van der Waals surface area contributed by atoms with Gasteiger partial charge < -0.3 is 4.90 Å². The number of hydrogen-bond donors (Lipinski definition) is 0. The van der Waals surface area contributed by atoms with E-state index in [1.807, 2.05) is 0 Å². The molecule has 0 heterocycles. The van der Waals surface area contributed by atoms with E-state index in [-0.39, 0.29) is 5.41 Å². The van der Waals surface area contributed by atoms with Gasteiger partial charge in [-0.15, -0.1) is 0 Å². The molecule has 0 spiro atoms. The Morgan fingerprint density at radius 1 is 0.481 bits per heavy atom. The minimum Gasteiger partial charge on any atom is -0.310 e. The number of nitrogens with zero attached hydrogens (tertiary/aromatic N) is 1. The molecule has 0 aliphatic heterocycles. The van der Waals surface area contributed by atoms with Gasteiger partial charge in [-0.1, -0.05) is 159 Å². The second kappa shape index (κ2) is 13.0. The molecule has 0 aromatic heterocycles. The number of anilines is 3. The van der Waals surface area contributed by atoms with Crippen LogP contribution in [0.15, 0.2) is 164 Å². The van der Waals surface area contributed by atoms with E-state index in [2.05, 4.69) is 189 Å². The molecule has 3 atom stereocenters. The van der Waals surface area contributed by atoms with Gasteiger partial charge >= 0.3 is 0 Å². The maximum absolute atomic E-state index is 2.52. The first-order chi connectivity index (χ1) is 26.4.